The van der Waals surface area contributed by atoms with Crippen LogP contribution in [0, 0.1) is 6.92 Å². The second-order valence-electron chi connectivity index (χ2n) is 5.98. The third-order valence-corrected chi connectivity index (χ3v) is 4.18. The lowest BCUT2D eigenvalue weighted by Crippen LogP contribution is -2.01. The van der Waals surface area contributed by atoms with Crippen LogP contribution in [-0.2, 0) is 0 Å². The minimum Gasteiger partial charge on any atom is -0.0995 e. The van der Waals surface area contributed by atoms with Gasteiger partial charge in [-0.25, -0.2) is 0 Å². The molecule has 0 aliphatic rings. The van der Waals surface area contributed by atoms with Gasteiger partial charge in [-0.15, -0.1) is 0 Å². The molecule has 0 saturated heterocycles. The highest BCUT2D eigenvalue weighted by Crippen LogP contribution is 2.32. The van der Waals surface area contributed by atoms with Crippen LogP contribution < -0.4 is 0 Å². The Labute approximate surface area is 129 Å². The van der Waals surface area contributed by atoms with Gasteiger partial charge in [0.15, 0.2) is 0 Å². The molecule has 2 rings (SSSR count). The van der Waals surface area contributed by atoms with Gasteiger partial charge in [-0.3, -0.25) is 0 Å². The third kappa shape index (κ3) is 3.85. The van der Waals surface area contributed by atoms with E-state index in [-0.39, 0.29) is 0 Å². The van der Waals surface area contributed by atoms with Crippen molar-refractivity contribution in [1.82, 2.24) is 0 Å². The van der Waals surface area contributed by atoms with Crippen LogP contribution in [0.4, 0.5) is 0 Å². The molecule has 2 aromatic carbocycles. The van der Waals surface area contributed by atoms with Crippen molar-refractivity contribution in [2.75, 3.05) is 0 Å². The van der Waals surface area contributed by atoms with E-state index in [1.807, 2.05) is 0 Å². The van der Waals surface area contributed by atoms with Crippen LogP contribution in [0.5, 0.6) is 0 Å². The molecule has 0 heterocycles. The number of allylic oxidation sites excluding steroid dienone is 1. The highest BCUT2D eigenvalue weighted by atomic mass is 14.2. The summed E-state index contributed by atoms with van der Waals surface area (Å²) in [6.45, 7) is 10.8. The van der Waals surface area contributed by atoms with Crippen LogP contribution in [0.15, 0.2) is 60.7 Å². The molecule has 0 saturated carbocycles. The molecule has 0 aromatic heterocycles. The number of aryl methyl sites for hydroxylation is 1. The van der Waals surface area contributed by atoms with Crippen LogP contribution in [0.3, 0.4) is 0 Å². The largest absolute Gasteiger partial charge is 0.0995 e. The summed E-state index contributed by atoms with van der Waals surface area (Å²) >= 11 is 0. The van der Waals surface area contributed by atoms with E-state index in [0.717, 1.165) is 0 Å². The number of hydrogen-bond acceptors (Lipinski definition) is 0. The zero-order valence-corrected chi connectivity index (χ0v) is 13.5. The average Bonchev–Trinajstić information content (AvgIpc) is 2.48. The molecule has 0 bridgehead atoms. The molecular formula is C21H26. The van der Waals surface area contributed by atoms with Gasteiger partial charge in [-0.1, -0.05) is 80.4 Å². The van der Waals surface area contributed by atoms with E-state index >= 15 is 0 Å². The number of rotatable bonds is 6. The first-order chi connectivity index (χ1) is 10.1. The minimum absolute atomic E-state index is 0.494. The Kier molecular flexibility index (Phi) is 5.38. The van der Waals surface area contributed by atoms with Crippen molar-refractivity contribution < 1.29 is 0 Å². The molecule has 0 aliphatic carbocycles. The molecule has 110 valence electrons. The van der Waals surface area contributed by atoms with E-state index in [4.69, 9.17) is 0 Å². The van der Waals surface area contributed by atoms with Crippen LogP contribution >= 0.6 is 0 Å². The zero-order valence-electron chi connectivity index (χ0n) is 13.5. The van der Waals surface area contributed by atoms with Gasteiger partial charge in [-0.2, -0.15) is 0 Å². The number of benzene rings is 2. The summed E-state index contributed by atoms with van der Waals surface area (Å²) in [4.78, 5) is 0. The lowest BCUT2D eigenvalue weighted by Gasteiger charge is -2.19. The van der Waals surface area contributed by atoms with Crippen molar-refractivity contribution in [3.8, 4) is 11.1 Å². The van der Waals surface area contributed by atoms with E-state index in [1.54, 1.807) is 0 Å². The molecule has 0 amide bonds. The fraction of sp³-hybridized carbons (Fsp3) is 0.333. The van der Waals surface area contributed by atoms with Gasteiger partial charge in [0.1, 0.15) is 0 Å². The van der Waals surface area contributed by atoms with Gasteiger partial charge in [0.05, 0.1) is 0 Å². The van der Waals surface area contributed by atoms with Crippen molar-refractivity contribution in [3.63, 3.8) is 0 Å². The summed E-state index contributed by atoms with van der Waals surface area (Å²) in [5.74, 6) is 0.494. The topological polar surface area (TPSA) is 0 Å². The maximum Gasteiger partial charge on any atom is 0.00428 e. The summed E-state index contributed by atoms with van der Waals surface area (Å²) in [5.41, 5.74) is 6.65. The minimum atomic E-state index is 0.494. The fourth-order valence-electron chi connectivity index (χ4n) is 2.95. The second kappa shape index (κ2) is 7.26. The van der Waals surface area contributed by atoms with Gasteiger partial charge < -0.3 is 0 Å². The molecule has 0 spiro atoms. The molecule has 0 radical (unpaired) electrons. The van der Waals surface area contributed by atoms with Gasteiger partial charge >= 0.3 is 0 Å². The Morgan fingerprint density at radius 1 is 1.10 bits per heavy atom. The van der Waals surface area contributed by atoms with Gasteiger partial charge in [0, 0.05) is 5.92 Å². The van der Waals surface area contributed by atoms with E-state index in [9.17, 15) is 0 Å². The predicted octanol–water partition coefficient (Wildman–Crippen LogP) is 6.51. The Morgan fingerprint density at radius 2 is 1.81 bits per heavy atom. The van der Waals surface area contributed by atoms with Crippen LogP contribution in [0.1, 0.15) is 50.2 Å². The summed E-state index contributed by atoms with van der Waals surface area (Å²) < 4.78 is 0. The van der Waals surface area contributed by atoms with E-state index in [2.05, 4.69) is 75.9 Å². The number of unbranched alkanes of at least 4 members (excludes halogenated alkanes) is 1. The third-order valence-electron chi connectivity index (χ3n) is 4.18. The zero-order chi connectivity index (χ0) is 15.2. The summed E-state index contributed by atoms with van der Waals surface area (Å²) in [5, 5.41) is 0. The molecule has 0 aliphatic heterocycles. The Bertz CT molecular complexity index is 593. The van der Waals surface area contributed by atoms with Gasteiger partial charge in [-0.05, 0) is 42.5 Å². The highest BCUT2D eigenvalue weighted by Gasteiger charge is 2.13. The first kappa shape index (κ1) is 15.6. The van der Waals surface area contributed by atoms with Crippen LogP contribution in [0.25, 0.3) is 11.1 Å². The van der Waals surface area contributed by atoms with E-state index < -0.39 is 0 Å². The first-order valence-electron chi connectivity index (χ1n) is 7.94. The molecule has 0 fully saturated rings. The summed E-state index contributed by atoms with van der Waals surface area (Å²) in [6.07, 6.45) is 3.71. The fourth-order valence-corrected chi connectivity index (χ4v) is 2.95. The molecule has 0 N–H and O–H groups in total. The quantitative estimate of drug-likeness (QED) is 0.528. The van der Waals surface area contributed by atoms with Crippen molar-refractivity contribution in [3.05, 3.63) is 71.8 Å². The van der Waals surface area contributed by atoms with E-state index in [0.29, 0.717) is 5.92 Å². The monoisotopic (exact) mass is 278 g/mol. The van der Waals surface area contributed by atoms with Gasteiger partial charge in [0.2, 0.25) is 0 Å². The van der Waals surface area contributed by atoms with Crippen LogP contribution in [0.2, 0.25) is 0 Å². The molecule has 21 heavy (non-hydrogen) atoms. The standard InChI is InChI=1S/C21H26/c1-5-6-12-20(16(2)3)19-13-14-21(17(4)15-19)18-10-8-7-9-11-18/h7-11,13-15,20H,2,5-6,12H2,1,3-4H3. The smallest absolute Gasteiger partial charge is 0.00428 e. The molecular weight excluding hydrogens is 252 g/mol. The van der Waals surface area contributed by atoms with E-state index in [1.165, 1.54) is 47.1 Å². The predicted molar refractivity (Wildman–Crippen MR) is 93.7 cm³/mol. The van der Waals surface area contributed by atoms with Crippen molar-refractivity contribution in [2.24, 2.45) is 0 Å². The molecule has 0 heteroatoms. The molecule has 2 aromatic rings. The van der Waals surface area contributed by atoms with Crippen LogP contribution in [-0.4, -0.2) is 0 Å². The van der Waals surface area contributed by atoms with Crippen molar-refractivity contribution in [2.45, 2.75) is 46.0 Å². The Balaban J connectivity index is 2.31. The van der Waals surface area contributed by atoms with Gasteiger partial charge in [0.25, 0.3) is 0 Å². The molecule has 1 unspecified atom stereocenters. The van der Waals surface area contributed by atoms with Crippen molar-refractivity contribution in [1.29, 1.82) is 0 Å². The summed E-state index contributed by atoms with van der Waals surface area (Å²) in [7, 11) is 0. The lowest BCUT2D eigenvalue weighted by molar-refractivity contribution is 0.643. The SMILES string of the molecule is C=C(C)C(CCCC)c1ccc(-c2ccccc2)c(C)c1. The highest BCUT2D eigenvalue weighted by molar-refractivity contribution is 5.67. The first-order valence-corrected chi connectivity index (χ1v) is 7.94. The second-order valence-corrected chi connectivity index (χ2v) is 5.98. The number of hydrogen-bond donors (Lipinski definition) is 0. The lowest BCUT2D eigenvalue weighted by atomic mass is 9.86. The van der Waals surface area contributed by atoms with Crippen molar-refractivity contribution >= 4 is 0 Å². The Hall–Kier alpha value is -1.82. The Morgan fingerprint density at radius 3 is 2.38 bits per heavy atom. The maximum atomic E-state index is 4.20. The average molecular weight is 278 g/mol. The molecule has 0 nitrogen and oxygen atoms in total. The maximum absolute atomic E-state index is 4.20. The molecule has 1 atom stereocenters. The summed E-state index contributed by atoms with van der Waals surface area (Å²) in [6, 6.07) is 17.5. The normalized spacial score (nSPS) is 12.1.